The average molecular weight is 266 g/mol. The number of carbonyl (C=O) groups is 1. The minimum atomic E-state index is -0.954. The van der Waals surface area contributed by atoms with Crippen LogP contribution in [0.5, 0.6) is 0 Å². The number of aromatic carboxylic acids is 1. The minimum Gasteiger partial charge on any atom is -0.478 e. The fourth-order valence-electron chi connectivity index (χ4n) is 1.40. The van der Waals surface area contributed by atoms with Gasteiger partial charge in [-0.05, 0) is 12.1 Å². The van der Waals surface area contributed by atoms with E-state index in [1.807, 2.05) is 4.90 Å². The summed E-state index contributed by atoms with van der Waals surface area (Å²) in [6.07, 6.45) is 1.36. The van der Waals surface area contributed by atoms with Gasteiger partial charge < -0.3 is 15.7 Å². The smallest absolute Gasteiger partial charge is 0.337 e. The number of carboxylic acids is 1. The van der Waals surface area contributed by atoms with Crippen LogP contribution >= 0.6 is 24.8 Å². The summed E-state index contributed by atoms with van der Waals surface area (Å²) in [6, 6.07) is 3.47. The Morgan fingerprint density at radius 1 is 1.44 bits per heavy atom. The number of nitrogens with two attached hydrogens (primary N) is 1. The number of halogens is 2. The summed E-state index contributed by atoms with van der Waals surface area (Å²) < 4.78 is 0. The standard InChI is InChI=1S/C9H11N3O2.2ClH/c10-7-4-12(5-7)8-2-1-6(3-11-8)9(13)14;;/h1-3,7H,4-5,10H2,(H,13,14);2*1H. The summed E-state index contributed by atoms with van der Waals surface area (Å²) in [4.78, 5) is 16.6. The van der Waals surface area contributed by atoms with Gasteiger partial charge in [0.15, 0.2) is 0 Å². The van der Waals surface area contributed by atoms with Gasteiger partial charge in [0, 0.05) is 25.3 Å². The van der Waals surface area contributed by atoms with Crippen molar-refractivity contribution >= 4 is 36.6 Å². The highest BCUT2D eigenvalue weighted by molar-refractivity contribution is 5.87. The zero-order valence-electron chi connectivity index (χ0n) is 8.37. The lowest BCUT2D eigenvalue weighted by molar-refractivity contribution is 0.0696. The van der Waals surface area contributed by atoms with Gasteiger partial charge in [0.2, 0.25) is 0 Å². The van der Waals surface area contributed by atoms with Crippen molar-refractivity contribution in [3.05, 3.63) is 23.9 Å². The van der Waals surface area contributed by atoms with Gasteiger partial charge in [0.1, 0.15) is 5.82 Å². The Bertz CT molecular complexity index is 352. The molecule has 2 rings (SSSR count). The molecule has 0 atom stereocenters. The maximum absolute atomic E-state index is 10.5. The summed E-state index contributed by atoms with van der Waals surface area (Å²) in [5.41, 5.74) is 5.83. The van der Waals surface area contributed by atoms with Crippen LogP contribution in [-0.4, -0.2) is 35.2 Å². The predicted molar refractivity (Wildman–Crippen MR) is 65.9 cm³/mol. The van der Waals surface area contributed by atoms with Crippen LogP contribution in [-0.2, 0) is 0 Å². The molecule has 0 saturated carbocycles. The third kappa shape index (κ3) is 2.98. The quantitative estimate of drug-likeness (QED) is 0.826. The van der Waals surface area contributed by atoms with E-state index in [1.165, 1.54) is 6.20 Å². The molecule has 5 nitrogen and oxygen atoms in total. The van der Waals surface area contributed by atoms with Crippen LogP contribution < -0.4 is 10.6 Å². The SMILES string of the molecule is Cl.Cl.NC1CN(c2ccc(C(=O)O)cn2)C1. The Balaban J connectivity index is 0.00000112. The van der Waals surface area contributed by atoms with Crippen molar-refractivity contribution < 1.29 is 9.90 Å². The number of carboxylic acid groups (broad SMARTS) is 1. The van der Waals surface area contributed by atoms with Crippen molar-refractivity contribution in [3.8, 4) is 0 Å². The molecule has 0 aromatic carbocycles. The number of anilines is 1. The summed E-state index contributed by atoms with van der Waals surface area (Å²) in [5, 5.41) is 8.65. The number of hydrogen-bond donors (Lipinski definition) is 2. The number of nitrogens with zero attached hydrogens (tertiary/aromatic N) is 2. The molecular weight excluding hydrogens is 253 g/mol. The molecular formula is C9H13Cl2N3O2. The van der Waals surface area contributed by atoms with Crippen LogP contribution in [0.25, 0.3) is 0 Å². The Morgan fingerprint density at radius 3 is 2.44 bits per heavy atom. The van der Waals surface area contributed by atoms with E-state index in [-0.39, 0.29) is 36.4 Å². The molecule has 1 fully saturated rings. The van der Waals surface area contributed by atoms with Crippen molar-refractivity contribution in [2.24, 2.45) is 5.73 Å². The second-order valence-electron chi connectivity index (χ2n) is 3.38. The first-order valence-corrected chi connectivity index (χ1v) is 4.36. The highest BCUT2D eigenvalue weighted by atomic mass is 35.5. The van der Waals surface area contributed by atoms with E-state index in [0.29, 0.717) is 0 Å². The molecule has 0 aliphatic carbocycles. The van der Waals surface area contributed by atoms with Gasteiger partial charge in [0.05, 0.1) is 5.56 Å². The lowest BCUT2D eigenvalue weighted by Gasteiger charge is -2.37. The van der Waals surface area contributed by atoms with E-state index in [9.17, 15) is 4.79 Å². The van der Waals surface area contributed by atoms with Gasteiger partial charge in [-0.25, -0.2) is 9.78 Å². The molecule has 0 bridgehead atoms. The van der Waals surface area contributed by atoms with E-state index >= 15 is 0 Å². The van der Waals surface area contributed by atoms with Crippen molar-refractivity contribution in [1.82, 2.24) is 4.98 Å². The van der Waals surface area contributed by atoms with Gasteiger partial charge in [-0.1, -0.05) is 0 Å². The fraction of sp³-hybridized carbons (Fsp3) is 0.333. The summed E-state index contributed by atoms with van der Waals surface area (Å²) in [7, 11) is 0. The molecule has 90 valence electrons. The molecule has 2 heterocycles. The summed E-state index contributed by atoms with van der Waals surface area (Å²) in [6.45, 7) is 1.58. The Morgan fingerprint density at radius 2 is 2.06 bits per heavy atom. The van der Waals surface area contributed by atoms with E-state index in [1.54, 1.807) is 12.1 Å². The molecule has 0 amide bonds. The Labute approximate surface area is 105 Å². The van der Waals surface area contributed by atoms with Gasteiger partial charge in [-0.15, -0.1) is 24.8 Å². The largest absolute Gasteiger partial charge is 0.478 e. The molecule has 1 aromatic heterocycles. The van der Waals surface area contributed by atoms with Crippen LogP contribution in [0.15, 0.2) is 18.3 Å². The normalized spacial score (nSPS) is 14.4. The molecule has 0 spiro atoms. The molecule has 0 unspecified atom stereocenters. The van der Waals surface area contributed by atoms with Crippen LogP contribution in [0.3, 0.4) is 0 Å². The van der Waals surface area contributed by atoms with Crippen LogP contribution in [0.2, 0.25) is 0 Å². The van der Waals surface area contributed by atoms with Gasteiger partial charge in [-0.2, -0.15) is 0 Å². The zero-order valence-corrected chi connectivity index (χ0v) is 10.0. The molecule has 1 aromatic rings. The molecule has 0 radical (unpaired) electrons. The summed E-state index contributed by atoms with van der Waals surface area (Å²) in [5.74, 6) is -0.166. The van der Waals surface area contributed by atoms with Crippen LogP contribution in [0.1, 0.15) is 10.4 Å². The molecule has 3 N–H and O–H groups in total. The van der Waals surface area contributed by atoms with Crippen LogP contribution in [0, 0.1) is 0 Å². The topological polar surface area (TPSA) is 79.5 Å². The van der Waals surface area contributed by atoms with Crippen LogP contribution in [0.4, 0.5) is 5.82 Å². The first kappa shape index (κ1) is 15.0. The number of rotatable bonds is 2. The third-order valence-electron chi connectivity index (χ3n) is 2.23. The second kappa shape index (κ2) is 5.89. The number of hydrogen-bond acceptors (Lipinski definition) is 4. The van der Waals surface area contributed by atoms with Crippen molar-refractivity contribution in [1.29, 1.82) is 0 Å². The van der Waals surface area contributed by atoms with Gasteiger partial charge >= 0.3 is 5.97 Å². The lowest BCUT2D eigenvalue weighted by atomic mass is 10.1. The molecule has 7 heteroatoms. The second-order valence-corrected chi connectivity index (χ2v) is 3.38. The van der Waals surface area contributed by atoms with Crippen molar-refractivity contribution in [2.75, 3.05) is 18.0 Å². The fourth-order valence-corrected chi connectivity index (χ4v) is 1.40. The van der Waals surface area contributed by atoms with Crippen molar-refractivity contribution in [2.45, 2.75) is 6.04 Å². The Hall–Kier alpha value is -1.04. The zero-order chi connectivity index (χ0) is 10.1. The number of aromatic nitrogens is 1. The molecule has 1 aliphatic heterocycles. The van der Waals surface area contributed by atoms with Gasteiger partial charge in [0.25, 0.3) is 0 Å². The summed E-state index contributed by atoms with van der Waals surface area (Å²) >= 11 is 0. The minimum absolute atomic E-state index is 0. The molecule has 16 heavy (non-hydrogen) atoms. The Kier molecular flexibility index (Phi) is 5.50. The predicted octanol–water partition coefficient (Wildman–Crippen LogP) is 0.771. The van der Waals surface area contributed by atoms with E-state index in [0.717, 1.165) is 18.9 Å². The first-order valence-electron chi connectivity index (χ1n) is 4.36. The lowest BCUT2D eigenvalue weighted by Crippen LogP contribution is -2.56. The van der Waals surface area contributed by atoms with E-state index < -0.39 is 5.97 Å². The molecule has 1 aliphatic rings. The highest BCUT2D eigenvalue weighted by Gasteiger charge is 2.23. The van der Waals surface area contributed by atoms with Gasteiger partial charge in [-0.3, -0.25) is 0 Å². The van der Waals surface area contributed by atoms with Crippen molar-refractivity contribution in [3.63, 3.8) is 0 Å². The first-order chi connectivity index (χ1) is 6.66. The maximum Gasteiger partial charge on any atom is 0.337 e. The average Bonchev–Trinajstić information content (AvgIpc) is 2.13. The monoisotopic (exact) mass is 265 g/mol. The van der Waals surface area contributed by atoms with E-state index in [2.05, 4.69) is 4.98 Å². The highest BCUT2D eigenvalue weighted by Crippen LogP contribution is 2.17. The number of pyridine rings is 1. The maximum atomic E-state index is 10.5. The molecule has 1 saturated heterocycles. The van der Waals surface area contributed by atoms with E-state index in [4.69, 9.17) is 10.8 Å². The third-order valence-corrected chi connectivity index (χ3v) is 2.23.